The van der Waals surface area contributed by atoms with E-state index in [9.17, 15) is 9.59 Å². The van der Waals surface area contributed by atoms with E-state index in [4.69, 9.17) is 0 Å². The summed E-state index contributed by atoms with van der Waals surface area (Å²) in [5, 5.41) is 2.80. The van der Waals surface area contributed by atoms with Crippen LogP contribution in [0.25, 0.3) is 0 Å². The number of hydrogen-bond acceptors (Lipinski definition) is 3. The zero-order chi connectivity index (χ0) is 13.4. The van der Waals surface area contributed by atoms with Gasteiger partial charge in [-0.15, -0.1) is 0 Å². The van der Waals surface area contributed by atoms with E-state index >= 15 is 0 Å². The Balaban J connectivity index is 2.39. The molecule has 18 heavy (non-hydrogen) atoms. The van der Waals surface area contributed by atoms with E-state index in [2.05, 4.69) is 29.0 Å². The van der Waals surface area contributed by atoms with Gasteiger partial charge in [0.05, 0.1) is 0 Å². The molecular formula is C13H21N3O2. The average molecular weight is 251 g/mol. The van der Waals surface area contributed by atoms with Crippen molar-refractivity contribution in [2.45, 2.75) is 20.3 Å². The smallest absolute Gasteiger partial charge is 0.267 e. The Morgan fingerprint density at radius 3 is 2.72 bits per heavy atom. The van der Waals surface area contributed by atoms with Crippen molar-refractivity contribution < 1.29 is 4.79 Å². The molecule has 0 atom stereocenters. The molecule has 0 aromatic carbocycles. The summed E-state index contributed by atoms with van der Waals surface area (Å²) in [5.41, 5.74) is 0.0462. The molecule has 0 aliphatic carbocycles. The average Bonchev–Trinajstić information content (AvgIpc) is 2.37. The summed E-state index contributed by atoms with van der Waals surface area (Å²) < 4.78 is 0. The number of aromatic nitrogens is 1. The molecule has 1 amide bonds. The molecule has 100 valence electrons. The molecular weight excluding hydrogens is 230 g/mol. The largest absolute Gasteiger partial charge is 0.349 e. The van der Waals surface area contributed by atoms with E-state index < -0.39 is 0 Å². The summed E-state index contributed by atoms with van der Waals surface area (Å²) in [4.78, 5) is 27.6. The van der Waals surface area contributed by atoms with Gasteiger partial charge in [0.2, 0.25) is 5.56 Å². The molecule has 0 unspecified atom stereocenters. The lowest BCUT2D eigenvalue weighted by Gasteiger charge is -2.19. The second-order valence-electron chi connectivity index (χ2n) is 4.12. The number of amides is 1. The summed E-state index contributed by atoms with van der Waals surface area (Å²) in [6.45, 7) is 7.67. The van der Waals surface area contributed by atoms with E-state index in [0.717, 1.165) is 26.1 Å². The molecule has 0 radical (unpaired) electrons. The molecule has 0 saturated heterocycles. The van der Waals surface area contributed by atoms with Crippen LogP contribution in [0.5, 0.6) is 0 Å². The molecule has 5 nitrogen and oxygen atoms in total. The summed E-state index contributed by atoms with van der Waals surface area (Å²) in [5.74, 6) is -0.236. The molecule has 1 aromatic rings. The monoisotopic (exact) mass is 251 g/mol. The quantitative estimate of drug-likeness (QED) is 0.754. The van der Waals surface area contributed by atoms with Crippen molar-refractivity contribution in [2.75, 3.05) is 26.2 Å². The van der Waals surface area contributed by atoms with Crippen molar-refractivity contribution >= 4 is 5.91 Å². The van der Waals surface area contributed by atoms with Crippen LogP contribution in [0.3, 0.4) is 0 Å². The fourth-order valence-electron chi connectivity index (χ4n) is 1.75. The van der Waals surface area contributed by atoms with Gasteiger partial charge in [-0.2, -0.15) is 0 Å². The van der Waals surface area contributed by atoms with Crippen molar-refractivity contribution in [3.63, 3.8) is 0 Å². The Morgan fingerprint density at radius 1 is 1.33 bits per heavy atom. The minimum Gasteiger partial charge on any atom is -0.349 e. The van der Waals surface area contributed by atoms with Gasteiger partial charge in [0.25, 0.3) is 5.91 Å². The van der Waals surface area contributed by atoms with Crippen LogP contribution in [0, 0.1) is 0 Å². The SMILES string of the molecule is CCCN(CC)CCNC(=O)c1cccc(=O)[nH]1. The fourth-order valence-corrected chi connectivity index (χ4v) is 1.75. The molecule has 5 heteroatoms. The summed E-state index contributed by atoms with van der Waals surface area (Å²) >= 11 is 0. The molecule has 1 aromatic heterocycles. The van der Waals surface area contributed by atoms with Crippen LogP contribution in [0.4, 0.5) is 0 Å². The minimum absolute atomic E-state index is 0.236. The summed E-state index contributed by atoms with van der Waals surface area (Å²) in [7, 11) is 0. The molecule has 0 fully saturated rings. The van der Waals surface area contributed by atoms with Crippen molar-refractivity contribution in [1.29, 1.82) is 0 Å². The van der Waals surface area contributed by atoms with Gasteiger partial charge < -0.3 is 15.2 Å². The zero-order valence-electron chi connectivity index (χ0n) is 11.0. The van der Waals surface area contributed by atoms with E-state index in [1.807, 2.05) is 0 Å². The van der Waals surface area contributed by atoms with Crippen molar-refractivity contribution in [3.05, 3.63) is 34.2 Å². The van der Waals surface area contributed by atoms with Crippen LogP contribution in [0.15, 0.2) is 23.0 Å². The second-order valence-corrected chi connectivity index (χ2v) is 4.12. The zero-order valence-corrected chi connectivity index (χ0v) is 11.0. The molecule has 0 saturated carbocycles. The number of nitrogens with zero attached hydrogens (tertiary/aromatic N) is 1. The molecule has 0 aliphatic heterocycles. The van der Waals surface area contributed by atoms with Gasteiger partial charge in [0.1, 0.15) is 5.69 Å². The van der Waals surface area contributed by atoms with E-state index in [-0.39, 0.29) is 11.5 Å². The normalized spacial score (nSPS) is 10.6. The third-order valence-electron chi connectivity index (χ3n) is 2.71. The molecule has 0 aliphatic rings. The van der Waals surface area contributed by atoms with Gasteiger partial charge in [0.15, 0.2) is 0 Å². The molecule has 1 rings (SSSR count). The Bertz CT molecular complexity index is 428. The maximum Gasteiger partial charge on any atom is 0.267 e. The maximum absolute atomic E-state index is 11.7. The van der Waals surface area contributed by atoms with Gasteiger partial charge in [-0.25, -0.2) is 0 Å². The molecule has 0 spiro atoms. The van der Waals surface area contributed by atoms with Crippen molar-refractivity contribution in [1.82, 2.24) is 15.2 Å². The number of carbonyl (C=O) groups excluding carboxylic acids is 1. The Kier molecular flexibility index (Phi) is 6.14. The first-order chi connectivity index (χ1) is 8.67. The van der Waals surface area contributed by atoms with Gasteiger partial charge >= 0.3 is 0 Å². The van der Waals surface area contributed by atoms with E-state index in [1.165, 1.54) is 6.07 Å². The van der Waals surface area contributed by atoms with Crippen LogP contribution < -0.4 is 10.9 Å². The highest BCUT2D eigenvalue weighted by Gasteiger charge is 2.06. The van der Waals surface area contributed by atoms with Crippen LogP contribution in [0.1, 0.15) is 30.8 Å². The standard InChI is InChI=1S/C13H21N3O2/c1-3-9-16(4-2)10-8-14-13(18)11-6-5-7-12(17)15-11/h5-7H,3-4,8-10H2,1-2H3,(H,14,18)(H,15,17). The number of aromatic amines is 1. The Labute approximate surface area is 107 Å². The first kappa shape index (κ1) is 14.4. The fraction of sp³-hybridized carbons (Fsp3) is 0.538. The highest BCUT2D eigenvalue weighted by Crippen LogP contribution is 1.92. The number of rotatable bonds is 7. The first-order valence-corrected chi connectivity index (χ1v) is 6.37. The van der Waals surface area contributed by atoms with Crippen LogP contribution in [-0.2, 0) is 0 Å². The second kappa shape index (κ2) is 7.66. The predicted molar refractivity (Wildman–Crippen MR) is 71.8 cm³/mol. The number of likely N-dealkylation sites (N-methyl/N-ethyl adjacent to an activating group) is 1. The number of H-pyrrole nitrogens is 1. The topological polar surface area (TPSA) is 65.2 Å². The third-order valence-corrected chi connectivity index (χ3v) is 2.71. The van der Waals surface area contributed by atoms with Gasteiger partial charge in [-0.3, -0.25) is 9.59 Å². The third kappa shape index (κ3) is 4.71. The number of carbonyl (C=O) groups is 1. The highest BCUT2D eigenvalue weighted by molar-refractivity contribution is 5.92. The van der Waals surface area contributed by atoms with Crippen LogP contribution in [0.2, 0.25) is 0 Å². The molecule has 2 N–H and O–H groups in total. The summed E-state index contributed by atoms with van der Waals surface area (Å²) in [6.07, 6.45) is 1.10. The van der Waals surface area contributed by atoms with Gasteiger partial charge in [-0.1, -0.05) is 19.9 Å². The lowest BCUT2D eigenvalue weighted by atomic mass is 10.3. The van der Waals surface area contributed by atoms with Gasteiger partial charge in [-0.05, 0) is 25.6 Å². The number of pyridine rings is 1. The molecule has 0 bridgehead atoms. The van der Waals surface area contributed by atoms with Crippen LogP contribution in [-0.4, -0.2) is 42.0 Å². The lowest BCUT2D eigenvalue weighted by Crippen LogP contribution is -2.35. The number of nitrogens with one attached hydrogen (secondary N) is 2. The van der Waals surface area contributed by atoms with E-state index in [0.29, 0.717) is 12.2 Å². The predicted octanol–water partition coefficient (Wildman–Crippen LogP) is 0.837. The van der Waals surface area contributed by atoms with Crippen molar-refractivity contribution in [3.8, 4) is 0 Å². The lowest BCUT2D eigenvalue weighted by molar-refractivity contribution is 0.0943. The molecule has 1 heterocycles. The maximum atomic E-state index is 11.7. The number of hydrogen-bond donors (Lipinski definition) is 2. The Hall–Kier alpha value is -1.62. The minimum atomic E-state index is -0.260. The van der Waals surface area contributed by atoms with Crippen molar-refractivity contribution in [2.24, 2.45) is 0 Å². The van der Waals surface area contributed by atoms with E-state index in [1.54, 1.807) is 12.1 Å². The van der Waals surface area contributed by atoms with Crippen LogP contribution >= 0.6 is 0 Å². The Morgan fingerprint density at radius 2 is 2.11 bits per heavy atom. The highest BCUT2D eigenvalue weighted by atomic mass is 16.2. The first-order valence-electron chi connectivity index (χ1n) is 6.37. The van der Waals surface area contributed by atoms with Gasteiger partial charge in [0, 0.05) is 19.2 Å². The summed E-state index contributed by atoms with van der Waals surface area (Å²) in [6, 6.07) is 4.56.